The summed E-state index contributed by atoms with van der Waals surface area (Å²) >= 11 is 0. The molecule has 1 nitrogen and oxygen atoms in total. The summed E-state index contributed by atoms with van der Waals surface area (Å²) in [6.07, 6.45) is 1.67. The first-order valence-corrected chi connectivity index (χ1v) is 4.06. The van der Waals surface area contributed by atoms with Gasteiger partial charge in [-0.05, 0) is 12.3 Å². The molecule has 0 saturated heterocycles. The third kappa shape index (κ3) is 2.48. The summed E-state index contributed by atoms with van der Waals surface area (Å²) in [5.74, 6) is 0.692. The van der Waals surface area contributed by atoms with E-state index in [0.29, 0.717) is 12.0 Å². The first-order chi connectivity index (χ1) is 3.72. The van der Waals surface area contributed by atoms with E-state index in [1.165, 1.54) is 0 Å². The Morgan fingerprint density at radius 1 is 1.50 bits per heavy atom. The van der Waals surface area contributed by atoms with Crippen LogP contribution in [0.15, 0.2) is 0 Å². The van der Waals surface area contributed by atoms with Gasteiger partial charge in [-0.15, -0.1) is 0 Å². The molecule has 0 heterocycles. The lowest BCUT2D eigenvalue weighted by Crippen LogP contribution is -2.16. The Hall–Kier alpha value is 0.177. The molecule has 1 atom stereocenters. The van der Waals surface area contributed by atoms with Gasteiger partial charge in [0.2, 0.25) is 0 Å². The fourth-order valence-corrected chi connectivity index (χ4v) is 1.79. The second-order valence-electron chi connectivity index (χ2n) is 2.43. The third-order valence-electron chi connectivity index (χ3n) is 1.45. The van der Waals surface area contributed by atoms with Crippen LogP contribution in [0.25, 0.3) is 0 Å². The van der Waals surface area contributed by atoms with Crippen LogP contribution >= 0.6 is 0 Å². The summed E-state index contributed by atoms with van der Waals surface area (Å²) < 4.78 is 5.30. The van der Waals surface area contributed by atoms with Crippen molar-refractivity contribution in [2.45, 2.75) is 33.3 Å². The molecule has 0 aliphatic heterocycles. The zero-order chi connectivity index (χ0) is 6.57. The van der Waals surface area contributed by atoms with Crippen LogP contribution in [0.4, 0.5) is 0 Å². The van der Waals surface area contributed by atoms with Gasteiger partial charge in [0.05, 0.1) is 0 Å². The van der Waals surface area contributed by atoms with Crippen LogP contribution in [0, 0.1) is 5.92 Å². The number of rotatable bonds is 3. The molecule has 2 heteroatoms. The second kappa shape index (κ2) is 4.10. The Bertz CT molecular complexity index is 50.5. The molecule has 0 radical (unpaired) electrons. The monoisotopic (exact) mass is 132 g/mol. The Balaban J connectivity index is 3.35. The van der Waals surface area contributed by atoms with Crippen molar-refractivity contribution in [2.75, 3.05) is 0 Å². The lowest BCUT2D eigenvalue weighted by molar-refractivity contribution is 0.162. The van der Waals surface area contributed by atoms with Crippen LogP contribution in [0.2, 0.25) is 0 Å². The SMILES string of the molecule is CCC(O[SiH3])C(C)C. The predicted octanol–water partition coefficient (Wildman–Crippen LogP) is 0.718. The van der Waals surface area contributed by atoms with Crippen LogP contribution in [-0.2, 0) is 4.43 Å². The first kappa shape index (κ1) is 8.18. The third-order valence-corrected chi connectivity index (χ3v) is 2.05. The van der Waals surface area contributed by atoms with E-state index in [1.807, 2.05) is 0 Å². The van der Waals surface area contributed by atoms with Crippen molar-refractivity contribution < 1.29 is 4.43 Å². The molecule has 0 spiro atoms. The molecule has 0 rings (SSSR count). The second-order valence-corrected chi connectivity index (χ2v) is 2.90. The lowest BCUT2D eigenvalue weighted by Gasteiger charge is -2.16. The molecular weight excluding hydrogens is 116 g/mol. The molecule has 0 N–H and O–H groups in total. The van der Waals surface area contributed by atoms with Crippen molar-refractivity contribution >= 4 is 10.5 Å². The minimum atomic E-state index is 0.515. The van der Waals surface area contributed by atoms with Gasteiger partial charge in [-0.3, -0.25) is 0 Å². The van der Waals surface area contributed by atoms with Crippen LogP contribution < -0.4 is 0 Å². The van der Waals surface area contributed by atoms with E-state index < -0.39 is 0 Å². The van der Waals surface area contributed by atoms with E-state index in [0.717, 1.165) is 16.9 Å². The molecule has 1 unspecified atom stereocenters. The topological polar surface area (TPSA) is 9.23 Å². The highest BCUT2D eigenvalue weighted by Gasteiger charge is 2.06. The first-order valence-electron chi connectivity index (χ1n) is 3.25. The summed E-state index contributed by atoms with van der Waals surface area (Å²) in [4.78, 5) is 0. The fraction of sp³-hybridized carbons (Fsp3) is 1.00. The molecular formula is C6H16OSi. The molecule has 8 heavy (non-hydrogen) atoms. The van der Waals surface area contributed by atoms with Gasteiger partial charge >= 0.3 is 0 Å². The number of hydrogen-bond donors (Lipinski definition) is 0. The molecule has 0 aliphatic carbocycles. The van der Waals surface area contributed by atoms with Crippen molar-refractivity contribution in [1.82, 2.24) is 0 Å². The average Bonchev–Trinajstić information content (AvgIpc) is 1.69. The van der Waals surface area contributed by atoms with Gasteiger partial charge in [-0.25, -0.2) is 0 Å². The fourth-order valence-electron chi connectivity index (χ4n) is 0.910. The molecule has 0 aromatic heterocycles. The Kier molecular flexibility index (Phi) is 4.19. The lowest BCUT2D eigenvalue weighted by atomic mass is 10.1. The smallest absolute Gasteiger partial charge is 0.146 e. The maximum absolute atomic E-state index is 5.30. The average molecular weight is 132 g/mol. The highest BCUT2D eigenvalue weighted by Crippen LogP contribution is 2.07. The van der Waals surface area contributed by atoms with E-state index in [1.54, 1.807) is 0 Å². The quantitative estimate of drug-likeness (QED) is 0.514. The van der Waals surface area contributed by atoms with Gasteiger partial charge in [-0.1, -0.05) is 20.8 Å². The van der Waals surface area contributed by atoms with E-state index >= 15 is 0 Å². The molecule has 50 valence electrons. The van der Waals surface area contributed by atoms with Crippen molar-refractivity contribution in [1.29, 1.82) is 0 Å². The maximum Gasteiger partial charge on any atom is 0.146 e. The molecule has 0 aliphatic rings. The van der Waals surface area contributed by atoms with Crippen molar-refractivity contribution in [3.8, 4) is 0 Å². The van der Waals surface area contributed by atoms with Gasteiger partial charge in [0, 0.05) is 6.10 Å². The van der Waals surface area contributed by atoms with Crippen LogP contribution in [-0.4, -0.2) is 16.6 Å². The van der Waals surface area contributed by atoms with Crippen LogP contribution in [0.3, 0.4) is 0 Å². The summed E-state index contributed by atoms with van der Waals surface area (Å²) in [7, 11) is 0.880. The minimum Gasteiger partial charge on any atom is -0.425 e. The minimum absolute atomic E-state index is 0.515. The molecule has 0 aromatic carbocycles. The van der Waals surface area contributed by atoms with E-state index in [9.17, 15) is 0 Å². The van der Waals surface area contributed by atoms with Crippen molar-refractivity contribution in [2.24, 2.45) is 5.92 Å². The summed E-state index contributed by atoms with van der Waals surface area (Å²) in [6, 6.07) is 0. The summed E-state index contributed by atoms with van der Waals surface area (Å²) in [5.41, 5.74) is 0. The Labute approximate surface area is 55.0 Å². The van der Waals surface area contributed by atoms with Crippen molar-refractivity contribution in [3.05, 3.63) is 0 Å². The molecule has 0 fully saturated rings. The molecule has 0 amide bonds. The Morgan fingerprint density at radius 2 is 2.00 bits per heavy atom. The Morgan fingerprint density at radius 3 is 2.00 bits per heavy atom. The van der Waals surface area contributed by atoms with E-state index in [-0.39, 0.29) is 0 Å². The van der Waals surface area contributed by atoms with Gasteiger partial charge in [0.1, 0.15) is 10.5 Å². The highest BCUT2D eigenvalue weighted by molar-refractivity contribution is 5.98. The van der Waals surface area contributed by atoms with Crippen molar-refractivity contribution in [3.63, 3.8) is 0 Å². The maximum atomic E-state index is 5.30. The van der Waals surface area contributed by atoms with Gasteiger partial charge in [0.15, 0.2) is 0 Å². The molecule has 0 saturated carbocycles. The zero-order valence-electron chi connectivity index (χ0n) is 6.27. The van der Waals surface area contributed by atoms with Gasteiger partial charge in [0.25, 0.3) is 0 Å². The number of hydrogen-bond acceptors (Lipinski definition) is 1. The standard InChI is InChI=1S/C6H16OSi/c1-4-6(7-8)5(2)3/h5-6H,4H2,1-3,8H3. The van der Waals surface area contributed by atoms with Crippen LogP contribution in [0.1, 0.15) is 27.2 Å². The van der Waals surface area contributed by atoms with E-state index in [4.69, 9.17) is 4.43 Å². The predicted molar refractivity (Wildman–Crippen MR) is 39.9 cm³/mol. The normalized spacial score (nSPS) is 15.0. The molecule has 0 bridgehead atoms. The van der Waals surface area contributed by atoms with Crippen LogP contribution in [0.5, 0.6) is 0 Å². The van der Waals surface area contributed by atoms with E-state index in [2.05, 4.69) is 20.8 Å². The van der Waals surface area contributed by atoms with Gasteiger partial charge < -0.3 is 4.43 Å². The van der Waals surface area contributed by atoms with Gasteiger partial charge in [-0.2, -0.15) is 0 Å². The summed E-state index contributed by atoms with van der Waals surface area (Å²) in [5, 5.41) is 0. The zero-order valence-corrected chi connectivity index (χ0v) is 8.27. The largest absolute Gasteiger partial charge is 0.425 e. The molecule has 0 aromatic rings. The highest BCUT2D eigenvalue weighted by atomic mass is 28.2. The summed E-state index contributed by atoms with van der Waals surface area (Å²) in [6.45, 7) is 6.57.